The predicted octanol–water partition coefficient (Wildman–Crippen LogP) is 5.62. The van der Waals surface area contributed by atoms with Crippen molar-refractivity contribution < 1.29 is 23.5 Å². The SMILES string of the molecule is O=C(NC1CCCCC1)[C@@H](Cc1ccccc1)N(Cc1ccc(F)cc1)C(=O)CCc1ccc2c(c1)OCCO2. The molecule has 1 aliphatic heterocycles. The molecule has 1 fully saturated rings. The first-order chi connectivity index (χ1) is 19.5. The maximum Gasteiger partial charge on any atom is 0.243 e. The molecule has 5 rings (SSSR count). The van der Waals surface area contributed by atoms with Crippen LogP contribution < -0.4 is 14.8 Å². The highest BCUT2D eigenvalue weighted by atomic mass is 19.1. The quantitative estimate of drug-likeness (QED) is 0.360. The Kier molecular flexibility index (Phi) is 9.32. The molecule has 3 aromatic rings. The molecule has 7 heteroatoms. The molecule has 2 aliphatic rings. The van der Waals surface area contributed by atoms with E-state index in [0.717, 1.165) is 42.4 Å². The maximum absolute atomic E-state index is 13.9. The average Bonchev–Trinajstić information content (AvgIpc) is 2.99. The highest BCUT2D eigenvalue weighted by molar-refractivity contribution is 5.88. The van der Waals surface area contributed by atoms with Crippen LogP contribution >= 0.6 is 0 Å². The number of nitrogens with zero attached hydrogens (tertiary/aromatic N) is 1. The molecular weight excluding hydrogens is 507 g/mol. The number of benzene rings is 3. The van der Waals surface area contributed by atoms with Crippen molar-refractivity contribution in [3.8, 4) is 11.5 Å². The standard InChI is InChI=1S/C33H37FN2O4/c34-27-15-11-26(12-16-27)23-36(32(37)18-14-25-13-17-30-31(22-25)40-20-19-39-30)29(21-24-7-3-1-4-8-24)33(38)35-28-9-5-2-6-10-28/h1,3-4,7-8,11-13,15-17,22,28-29H,2,5-6,9-10,14,18-21,23H2,(H,35,38)/t29-/m1/s1. The lowest BCUT2D eigenvalue weighted by Crippen LogP contribution is -2.52. The van der Waals surface area contributed by atoms with Gasteiger partial charge in [0.15, 0.2) is 11.5 Å². The Labute approximate surface area is 235 Å². The second-order valence-electron chi connectivity index (χ2n) is 10.7. The van der Waals surface area contributed by atoms with E-state index in [0.29, 0.717) is 37.6 Å². The van der Waals surface area contributed by atoms with Gasteiger partial charge in [0.25, 0.3) is 0 Å². The van der Waals surface area contributed by atoms with Crippen LogP contribution in [0.2, 0.25) is 0 Å². The molecule has 1 heterocycles. The van der Waals surface area contributed by atoms with Gasteiger partial charge < -0.3 is 19.7 Å². The summed E-state index contributed by atoms with van der Waals surface area (Å²) in [6.45, 7) is 1.24. The van der Waals surface area contributed by atoms with Crippen molar-refractivity contribution in [3.05, 3.63) is 95.3 Å². The van der Waals surface area contributed by atoms with E-state index in [2.05, 4.69) is 5.32 Å². The molecule has 0 spiro atoms. The van der Waals surface area contributed by atoms with Crippen LogP contribution in [-0.2, 0) is 29.0 Å². The van der Waals surface area contributed by atoms with Gasteiger partial charge in [0, 0.05) is 25.4 Å². The molecule has 1 atom stereocenters. The molecule has 0 aromatic heterocycles. The summed E-state index contributed by atoms with van der Waals surface area (Å²) >= 11 is 0. The third kappa shape index (κ3) is 7.40. The zero-order chi connectivity index (χ0) is 27.7. The number of carbonyl (C=O) groups is 2. The topological polar surface area (TPSA) is 67.9 Å². The first-order valence-corrected chi connectivity index (χ1v) is 14.3. The summed E-state index contributed by atoms with van der Waals surface area (Å²) in [5.74, 6) is 0.801. The number of halogens is 1. The number of fused-ring (bicyclic) bond motifs is 1. The van der Waals surface area contributed by atoms with E-state index < -0.39 is 6.04 Å². The zero-order valence-corrected chi connectivity index (χ0v) is 22.8. The monoisotopic (exact) mass is 544 g/mol. The summed E-state index contributed by atoms with van der Waals surface area (Å²) in [5.41, 5.74) is 2.72. The van der Waals surface area contributed by atoms with Crippen molar-refractivity contribution in [1.82, 2.24) is 10.2 Å². The molecule has 3 aromatic carbocycles. The van der Waals surface area contributed by atoms with Crippen LogP contribution in [0.15, 0.2) is 72.8 Å². The Morgan fingerprint density at radius 1 is 0.850 bits per heavy atom. The summed E-state index contributed by atoms with van der Waals surface area (Å²) < 4.78 is 25.0. The summed E-state index contributed by atoms with van der Waals surface area (Å²) in [7, 11) is 0. The fraction of sp³-hybridized carbons (Fsp3) is 0.394. The van der Waals surface area contributed by atoms with Crippen LogP contribution in [0, 0.1) is 5.82 Å². The van der Waals surface area contributed by atoms with Crippen molar-refractivity contribution >= 4 is 11.8 Å². The van der Waals surface area contributed by atoms with E-state index >= 15 is 0 Å². The van der Waals surface area contributed by atoms with Crippen LogP contribution in [-0.4, -0.2) is 42.0 Å². The predicted molar refractivity (Wildman–Crippen MR) is 152 cm³/mol. The minimum atomic E-state index is -0.692. The van der Waals surface area contributed by atoms with E-state index in [9.17, 15) is 14.0 Å². The molecule has 0 bridgehead atoms. The normalized spacial score (nSPS) is 15.7. The Morgan fingerprint density at radius 3 is 2.30 bits per heavy atom. The van der Waals surface area contributed by atoms with Gasteiger partial charge in [-0.15, -0.1) is 0 Å². The van der Waals surface area contributed by atoms with Gasteiger partial charge in [-0.3, -0.25) is 9.59 Å². The molecule has 6 nitrogen and oxygen atoms in total. The van der Waals surface area contributed by atoms with Gasteiger partial charge >= 0.3 is 0 Å². The van der Waals surface area contributed by atoms with Crippen LogP contribution in [0.5, 0.6) is 11.5 Å². The highest BCUT2D eigenvalue weighted by Crippen LogP contribution is 2.31. The Bertz CT molecular complexity index is 1280. The van der Waals surface area contributed by atoms with Crippen LogP contribution in [0.4, 0.5) is 4.39 Å². The second-order valence-corrected chi connectivity index (χ2v) is 10.7. The summed E-state index contributed by atoms with van der Waals surface area (Å²) in [6.07, 6.45) is 6.43. The first kappa shape index (κ1) is 27.7. The number of aryl methyl sites for hydroxylation is 1. The second kappa shape index (κ2) is 13.5. The zero-order valence-electron chi connectivity index (χ0n) is 22.8. The van der Waals surface area contributed by atoms with Crippen LogP contribution in [0.25, 0.3) is 0 Å². The molecule has 0 unspecified atom stereocenters. The van der Waals surface area contributed by atoms with Gasteiger partial charge in [-0.25, -0.2) is 4.39 Å². The molecule has 2 amide bonds. The van der Waals surface area contributed by atoms with E-state index in [4.69, 9.17) is 9.47 Å². The fourth-order valence-electron chi connectivity index (χ4n) is 5.52. The lowest BCUT2D eigenvalue weighted by atomic mass is 9.94. The van der Waals surface area contributed by atoms with Crippen molar-refractivity contribution in [2.24, 2.45) is 0 Å². The van der Waals surface area contributed by atoms with Gasteiger partial charge in [0.1, 0.15) is 25.1 Å². The van der Waals surface area contributed by atoms with Crippen molar-refractivity contribution in [2.75, 3.05) is 13.2 Å². The number of nitrogens with one attached hydrogen (secondary N) is 1. The molecule has 210 valence electrons. The smallest absolute Gasteiger partial charge is 0.243 e. The number of amides is 2. The number of hydrogen-bond donors (Lipinski definition) is 1. The van der Waals surface area contributed by atoms with Crippen molar-refractivity contribution in [3.63, 3.8) is 0 Å². The first-order valence-electron chi connectivity index (χ1n) is 14.3. The van der Waals surface area contributed by atoms with Crippen molar-refractivity contribution in [1.29, 1.82) is 0 Å². The maximum atomic E-state index is 13.9. The fourth-order valence-corrected chi connectivity index (χ4v) is 5.52. The van der Waals surface area contributed by atoms with Gasteiger partial charge in [0.2, 0.25) is 11.8 Å². The summed E-state index contributed by atoms with van der Waals surface area (Å²) in [5, 5.41) is 3.25. The van der Waals surface area contributed by atoms with Gasteiger partial charge in [-0.1, -0.05) is 67.8 Å². The number of carbonyl (C=O) groups excluding carboxylic acids is 2. The number of hydrogen-bond acceptors (Lipinski definition) is 4. The van der Waals surface area contributed by atoms with Crippen molar-refractivity contribution in [2.45, 2.75) is 70.0 Å². The third-order valence-corrected chi connectivity index (χ3v) is 7.72. The lowest BCUT2D eigenvalue weighted by Gasteiger charge is -2.33. The molecule has 0 saturated heterocycles. The summed E-state index contributed by atoms with van der Waals surface area (Å²) in [6, 6.07) is 21.1. The van der Waals surface area contributed by atoms with Gasteiger partial charge in [0.05, 0.1) is 0 Å². The van der Waals surface area contributed by atoms with Crippen LogP contribution in [0.3, 0.4) is 0 Å². The summed E-state index contributed by atoms with van der Waals surface area (Å²) in [4.78, 5) is 29.4. The van der Waals surface area contributed by atoms with E-state index in [1.165, 1.54) is 18.6 Å². The minimum absolute atomic E-state index is 0.125. The van der Waals surface area contributed by atoms with Gasteiger partial charge in [-0.05, 0) is 60.2 Å². The van der Waals surface area contributed by atoms with E-state index in [-0.39, 0.29) is 36.6 Å². The molecule has 0 radical (unpaired) electrons. The Morgan fingerprint density at radius 2 is 1.55 bits per heavy atom. The largest absolute Gasteiger partial charge is 0.486 e. The highest BCUT2D eigenvalue weighted by Gasteiger charge is 2.32. The minimum Gasteiger partial charge on any atom is -0.486 e. The van der Waals surface area contributed by atoms with Gasteiger partial charge in [-0.2, -0.15) is 0 Å². The number of ether oxygens (including phenoxy) is 2. The molecule has 1 aliphatic carbocycles. The molecule has 1 N–H and O–H groups in total. The third-order valence-electron chi connectivity index (χ3n) is 7.72. The van der Waals surface area contributed by atoms with E-state index in [1.807, 2.05) is 48.5 Å². The average molecular weight is 545 g/mol. The molecule has 1 saturated carbocycles. The Hall–Kier alpha value is -3.87. The Balaban J connectivity index is 1.39. The number of rotatable bonds is 10. The van der Waals surface area contributed by atoms with E-state index in [1.54, 1.807) is 17.0 Å². The molecular formula is C33H37FN2O4. The molecule has 40 heavy (non-hydrogen) atoms. The lowest BCUT2D eigenvalue weighted by molar-refractivity contribution is -0.141. The van der Waals surface area contributed by atoms with Crippen LogP contribution in [0.1, 0.15) is 55.2 Å².